The van der Waals surface area contributed by atoms with Crippen LogP contribution in [0.15, 0.2) is 130 Å². The highest BCUT2D eigenvalue weighted by atomic mass is 35.5. The zero-order chi connectivity index (χ0) is 45.1. The number of thioether (sulfide) groups is 1. The number of ether oxygens (including phenoxy) is 1. The molecule has 3 aliphatic heterocycles. The van der Waals surface area contributed by atoms with Crippen LogP contribution in [0.4, 0.5) is 24.5 Å². The first-order valence-corrected chi connectivity index (χ1v) is 25.2. The number of amides is 1. The second-order valence-corrected chi connectivity index (χ2v) is 21.2. The molecule has 5 aromatic rings. The molecule has 0 bridgehead atoms. The highest BCUT2D eigenvalue weighted by Crippen LogP contribution is 2.38. The van der Waals surface area contributed by atoms with Crippen LogP contribution in [0.1, 0.15) is 27.9 Å². The van der Waals surface area contributed by atoms with Crippen molar-refractivity contribution in [2.24, 2.45) is 0 Å². The van der Waals surface area contributed by atoms with Crippen LogP contribution in [-0.4, -0.2) is 108 Å². The molecule has 2 atom stereocenters. The maximum Gasteiger partial charge on any atom is 0.501 e. The maximum absolute atomic E-state index is 14.2. The number of benzene rings is 5. The molecule has 0 aromatic heterocycles. The van der Waals surface area contributed by atoms with Gasteiger partial charge in [0, 0.05) is 84.8 Å². The standard InChI is InChI=1S/C46H47ClF3N5O6S3/c47-36-13-10-32(11-14-36)41-9-5-4-6-34(41)29-54-20-21-55-38(30-54)27-35-26-33(12-17-43(35)55)45(56)52-64(59,60)40-15-16-42(44(28-40)63(57,58)46(48,49)50)51-37(18-19-53-22-24-61-25-23-53)31-62-39-7-2-1-3-8-39/h1-17,26,28,37-38,51H,18-25,27,29-31H2,(H,52,56)/t37-,38-/m1/s1. The van der Waals surface area contributed by atoms with Crippen molar-refractivity contribution in [2.45, 2.75) is 51.7 Å². The van der Waals surface area contributed by atoms with E-state index in [1.54, 1.807) is 12.1 Å². The van der Waals surface area contributed by atoms with Crippen molar-refractivity contribution in [3.63, 3.8) is 0 Å². The Kier molecular flexibility index (Phi) is 14.0. The quantitative estimate of drug-likeness (QED) is 0.0993. The number of carbonyl (C=O) groups excluding carboxylic acids is 1. The lowest BCUT2D eigenvalue weighted by molar-refractivity contribution is -0.0435. The molecule has 64 heavy (non-hydrogen) atoms. The van der Waals surface area contributed by atoms with Crippen LogP contribution in [0.2, 0.25) is 5.02 Å². The van der Waals surface area contributed by atoms with Crippen molar-refractivity contribution < 1.29 is 39.5 Å². The van der Waals surface area contributed by atoms with Gasteiger partial charge in [-0.05, 0) is 95.8 Å². The summed E-state index contributed by atoms with van der Waals surface area (Å²) >= 11 is 7.59. The van der Waals surface area contributed by atoms with Crippen LogP contribution < -0.4 is 14.9 Å². The normalized spacial score (nSPS) is 17.7. The van der Waals surface area contributed by atoms with E-state index in [2.05, 4.69) is 32.1 Å². The minimum Gasteiger partial charge on any atom is -0.380 e. The molecule has 0 unspecified atom stereocenters. The Hall–Kier alpha value is -4.62. The molecular formula is C46H47ClF3N5O6S3. The van der Waals surface area contributed by atoms with E-state index in [-0.39, 0.29) is 11.6 Å². The summed E-state index contributed by atoms with van der Waals surface area (Å²) in [4.78, 5) is 19.3. The van der Waals surface area contributed by atoms with E-state index in [0.29, 0.717) is 62.5 Å². The number of halogens is 4. The molecule has 2 fully saturated rings. The average Bonchev–Trinajstić information content (AvgIpc) is 3.65. The summed E-state index contributed by atoms with van der Waals surface area (Å²) in [6.07, 6.45) is 1.06. The van der Waals surface area contributed by atoms with Gasteiger partial charge in [0.05, 0.1) is 23.8 Å². The molecule has 0 saturated carbocycles. The number of sulfone groups is 1. The predicted octanol–water partition coefficient (Wildman–Crippen LogP) is 7.96. The van der Waals surface area contributed by atoms with Crippen molar-refractivity contribution in [3.8, 4) is 11.1 Å². The summed E-state index contributed by atoms with van der Waals surface area (Å²) < 4.78 is 104. The molecule has 0 radical (unpaired) electrons. The third kappa shape index (κ3) is 10.6. The number of morpholine rings is 1. The Morgan fingerprint density at radius 2 is 1.58 bits per heavy atom. The lowest BCUT2D eigenvalue weighted by Crippen LogP contribution is -2.51. The van der Waals surface area contributed by atoms with E-state index < -0.39 is 52.8 Å². The number of carbonyl (C=O) groups is 1. The predicted molar refractivity (Wildman–Crippen MR) is 244 cm³/mol. The van der Waals surface area contributed by atoms with Gasteiger partial charge in [0.1, 0.15) is 4.90 Å². The van der Waals surface area contributed by atoms with Crippen molar-refractivity contribution >= 4 is 60.5 Å². The number of alkyl halides is 3. The van der Waals surface area contributed by atoms with Gasteiger partial charge in [-0.3, -0.25) is 14.6 Å². The summed E-state index contributed by atoms with van der Waals surface area (Å²) in [5, 5.41) is 3.67. The Balaban J connectivity index is 0.970. The van der Waals surface area contributed by atoms with Gasteiger partial charge in [0.2, 0.25) is 0 Å². The van der Waals surface area contributed by atoms with Crippen molar-refractivity contribution in [2.75, 3.05) is 68.5 Å². The van der Waals surface area contributed by atoms with Gasteiger partial charge >= 0.3 is 5.51 Å². The number of hydrogen-bond donors (Lipinski definition) is 2. The van der Waals surface area contributed by atoms with Crippen molar-refractivity contribution in [3.05, 3.63) is 137 Å². The number of hydrogen-bond acceptors (Lipinski definition) is 11. The van der Waals surface area contributed by atoms with Crippen LogP contribution in [0.5, 0.6) is 0 Å². The third-order valence-corrected chi connectivity index (χ3v) is 16.1. The fourth-order valence-electron chi connectivity index (χ4n) is 8.46. The van der Waals surface area contributed by atoms with E-state index >= 15 is 0 Å². The number of sulfonamides is 1. The molecule has 0 spiro atoms. The number of nitrogens with one attached hydrogen (secondary N) is 2. The monoisotopic (exact) mass is 953 g/mol. The minimum atomic E-state index is -6.06. The molecule has 5 aromatic carbocycles. The molecule has 2 N–H and O–H groups in total. The Labute approximate surface area is 380 Å². The topological polar surface area (TPSA) is 128 Å². The van der Waals surface area contributed by atoms with Crippen LogP contribution in [0, 0.1) is 0 Å². The summed E-state index contributed by atoms with van der Waals surface area (Å²) in [7, 11) is -10.9. The van der Waals surface area contributed by atoms with Crippen LogP contribution >= 0.6 is 23.4 Å². The molecule has 0 aliphatic carbocycles. The average molecular weight is 955 g/mol. The van der Waals surface area contributed by atoms with Gasteiger partial charge in [-0.15, -0.1) is 11.8 Å². The summed E-state index contributed by atoms with van der Waals surface area (Å²) in [5.41, 5.74) is -0.905. The van der Waals surface area contributed by atoms with Crippen molar-refractivity contribution in [1.29, 1.82) is 0 Å². The first-order chi connectivity index (χ1) is 30.6. The number of rotatable bonds is 15. The fraction of sp³-hybridized carbons (Fsp3) is 0.326. The van der Waals surface area contributed by atoms with E-state index in [1.165, 1.54) is 23.4 Å². The fourth-order valence-corrected chi connectivity index (χ4v) is 11.6. The molecule has 3 aliphatic rings. The third-order valence-electron chi connectivity index (χ3n) is 11.8. The molecule has 18 heteroatoms. The summed E-state index contributed by atoms with van der Waals surface area (Å²) in [6.45, 7) is 6.05. The molecule has 338 valence electrons. The zero-order valence-electron chi connectivity index (χ0n) is 34.6. The lowest BCUT2D eigenvalue weighted by atomic mass is 9.99. The first-order valence-electron chi connectivity index (χ1n) is 20.9. The molecule has 1 amide bonds. The smallest absolute Gasteiger partial charge is 0.380 e. The minimum absolute atomic E-state index is 0.0383. The second-order valence-electron chi connectivity index (χ2n) is 16.0. The number of piperazine rings is 1. The van der Waals surface area contributed by atoms with Gasteiger partial charge in [-0.25, -0.2) is 21.6 Å². The van der Waals surface area contributed by atoms with E-state index in [1.807, 2.05) is 71.5 Å². The summed E-state index contributed by atoms with van der Waals surface area (Å²) in [5.74, 6) is -0.635. The van der Waals surface area contributed by atoms with Crippen molar-refractivity contribution in [1.82, 2.24) is 14.5 Å². The highest BCUT2D eigenvalue weighted by Gasteiger charge is 2.48. The van der Waals surface area contributed by atoms with Crippen LogP contribution in [-0.2, 0) is 37.6 Å². The number of anilines is 2. The van der Waals surface area contributed by atoms with Gasteiger partial charge in [0.15, 0.2) is 0 Å². The lowest BCUT2D eigenvalue weighted by Gasteiger charge is -2.39. The van der Waals surface area contributed by atoms with E-state index in [9.17, 15) is 34.8 Å². The van der Waals surface area contributed by atoms with E-state index in [0.717, 1.165) is 65.6 Å². The van der Waals surface area contributed by atoms with Gasteiger partial charge in [0.25, 0.3) is 25.8 Å². The van der Waals surface area contributed by atoms with Crippen LogP contribution in [0.3, 0.4) is 0 Å². The molecule has 8 rings (SSSR count). The van der Waals surface area contributed by atoms with Gasteiger partial charge < -0.3 is 15.0 Å². The molecular weight excluding hydrogens is 907 g/mol. The van der Waals surface area contributed by atoms with E-state index in [4.69, 9.17) is 16.3 Å². The van der Waals surface area contributed by atoms with Crippen LogP contribution in [0.25, 0.3) is 11.1 Å². The molecule has 11 nitrogen and oxygen atoms in total. The Bertz CT molecular complexity index is 2690. The summed E-state index contributed by atoms with van der Waals surface area (Å²) in [6, 6.07) is 32.4. The Morgan fingerprint density at radius 1 is 0.844 bits per heavy atom. The number of fused-ring (bicyclic) bond motifs is 3. The second kappa shape index (κ2) is 19.5. The van der Waals surface area contributed by atoms with Gasteiger partial charge in [-0.2, -0.15) is 13.2 Å². The Morgan fingerprint density at radius 3 is 2.33 bits per heavy atom. The molecule has 3 heterocycles. The maximum atomic E-state index is 14.2. The zero-order valence-corrected chi connectivity index (χ0v) is 37.8. The first kappa shape index (κ1) is 45.9. The van der Waals surface area contributed by atoms with Gasteiger partial charge in [-0.1, -0.05) is 66.2 Å². The SMILES string of the molecule is O=C(NS(=O)(=O)c1ccc(N[C@H](CCN2CCOCC2)CSc2ccccc2)c(S(=O)(=O)C(F)(F)F)c1)c1ccc2c(c1)C[C@@H]1CN(Cc3ccccc3-c3ccc(Cl)cc3)CCN21. The highest BCUT2D eigenvalue weighted by molar-refractivity contribution is 7.99. The molecule has 2 saturated heterocycles. The largest absolute Gasteiger partial charge is 0.501 e. The number of nitrogens with zero attached hydrogens (tertiary/aromatic N) is 3.